The Labute approximate surface area is 173 Å². The molecule has 1 aromatic heterocycles. The summed E-state index contributed by atoms with van der Waals surface area (Å²) < 4.78 is 39.9. The lowest BCUT2D eigenvalue weighted by atomic mass is 10.1. The number of nitrogens with zero attached hydrogens (tertiary/aromatic N) is 2. The first-order chi connectivity index (χ1) is 14.4. The minimum absolute atomic E-state index is 0.212. The van der Waals surface area contributed by atoms with E-state index in [0.717, 1.165) is 23.6 Å². The Balaban J connectivity index is 1.84. The van der Waals surface area contributed by atoms with Crippen molar-refractivity contribution < 1.29 is 18.0 Å². The number of hydrogen-bond donors (Lipinski definition) is 1. The molecule has 4 nitrogen and oxygen atoms in total. The lowest BCUT2D eigenvalue weighted by molar-refractivity contribution is -0.136. The van der Waals surface area contributed by atoms with Gasteiger partial charge in [0.15, 0.2) is 0 Å². The van der Waals surface area contributed by atoms with Gasteiger partial charge in [-0.15, -0.1) is 0 Å². The summed E-state index contributed by atoms with van der Waals surface area (Å²) in [4.78, 5) is 18.5. The van der Waals surface area contributed by atoms with Crippen LogP contribution in [0.25, 0.3) is 0 Å². The molecular weight excluding hydrogens is 391 g/mol. The Morgan fingerprint density at radius 3 is 2.23 bits per heavy atom. The largest absolute Gasteiger partial charge is 0.418 e. The summed E-state index contributed by atoms with van der Waals surface area (Å²) in [6.45, 7) is 2.51. The molecule has 2 amide bonds. The third kappa shape index (κ3) is 5.59. The quantitative estimate of drug-likeness (QED) is 0.547. The van der Waals surface area contributed by atoms with Crippen LogP contribution in [-0.2, 0) is 25.7 Å². The predicted octanol–water partition coefficient (Wildman–Crippen LogP) is 5.90. The van der Waals surface area contributed by atoms with E-state index in [2.05, 4.69) is 17.2 Å². The second kappa shape index (κ2) is 9.43. The molecule has 0 aliphatic rings. The van der Waals surface area contributed by atoms with E-state index in [1.807, 2.05) is 30.3 Å². The topological polar surface area (TPSA) is 45.2 Å². The molecule has 7 heteroatoms. The number of carbonyl (C=O) groups is 1. The van der Waals surface area contributed by atoms with E-state index in [1.165, 1.54) is 28.7 Å². The van der Waals surface area contributed by atoms with Gasteiger partial charge in [0.1, 0.15) is 0 Å². The summed E-state index contributed by atoms with van der Waals surface area (Å²) >= 11 is 0. The van der Waals surface area contributed by atoms with Gasteiger partial charge in [0.25, 0.3) is 0 Å². The van der Waals surface area contributed by atoms with Gasteiger partial charge in [-0.1, -0.05) is 49.4 Å². The van der Waals surface area contributed by atoms with Crippen molar-refractivity contribution in [3.05, 3.63) is 95.3 Å². The van der Waals surface area contributed by atoms with E-state index in [0.29, 0.717) is 0 Å². The van der Waals surface area contributed by atoms with E-state index < -0.39 is 17.8 Å². The molecule has 3 rings (SSSR count). The van der Waals surface area contributed by atoms with Crippen LogP contribution in [0.15, 0.2) is 73.1 Å². The maximum Gasteiger partial charge on any atom is 0.418 e. The van der Waals surface area contributed by atoms with E-state index >= 15 is 0 Å². The summed E-state index contributed by atoms with van der Waals surface area (Å²) in [6.07, 6.45) is -0.413. The summed E-state index contributed by atoms with van der Waals surface area (Å²) in [5, 5.41) is 2.43. The van der Waals surface area contributed by atoms with Crippen LogP contribution >= 0.6 is 0 Å². The fourth-order valence-corrected chi connectivity index (χ4v) is 3.05. The third-order valence-electron chi connectivity index (χ3n) is 4.66. The van der Waals surface area contributed by atoms with Gasteiger partial charge in [-0.3, -0.25) is 4.98 Å². The molecule has 0 atom stereocenters. The van der Waals surface area contributed by atoms with Gasteiger partial charge in [0.2, 0.25) is 0 Å². The van der Waals surface area contributed by atoms with E-state index in [4.69, 9.17) is 0 Å². The number of aryl methyl sites for hydroxylation is 1. The second-order valence-electron chi connectivity index (χ2n) is 6.86. The predicted molar refractivity (Wildman–Crippen MR) is 110 cm³/mol. The van der Waals surface area contributed by atoms with Crippen molar-refractivity contribution in [2.75, 3.05) is 5.32 Å². The zero-order chi connectivity index (χ0) is 21.6. The zero-order valence-corrected chi connectivity index (χ0v) is 16.5. The van der Waals surface area contributed by atoms with Crippen LogP contribution in [0.2, 0.25) is 0 Å². The number of carbonyl (C=O) groups excluding carboxylic acids is 1. The van der Waals surface area contributed by atoms with Crippen molar-refractivity contribution in [1.29, 1.82) is 0 Å². The highest BCUT2D eigenvalue weighted by Gasteiger charge is 2.34. The van der Waals surface area contributed by atoms with Crippen LogP contribution in [0.5, 0.6) is 0 Å². The first-order valence-electron chi connectivity index (χ1n) is 9.55. The van der Waals surface area contributed by atoms with Crippen LogP contribution < -0.4 is 5.32 Å². The Morgan fingerprint density at radius 2 is 1.60 bits per heavy atom. The molecule has 0 saturated carbocycles. The molecule has 156 valence electrons. The van der Waals surface area contributed by atoms with Crippen molar-refractivity contribution in [3.8, 4) is 0 Å². The third-order valence-corrected chi connectivity index (χ3v) is 4.66. The van der Waals surface area contributed by atoms with Gasteiger partial charge < -0.3 is 10.2 Å². The lowest BCUT2D eigenvalue weighted by Gasteiger charge is -2.24. The molecule has 0 unspecified atom stereocenters. The number of alkyl halides is 3. The number of amides is 2. The molecule has 2 aromatic carbocycles. The normalized spacial score (nSPS) is 11.2. The standard InChI is InChI=1S/C23H22F3N3O/c1-2-17-9-11-18(12-10-17)15-29(16-19-6-5-13-27-14-19)22(30)28-21-8-4-3-7-20(21)23(24,25)26/h3-14H,2,15-16H2,1H3,(H,28,30). The van der Waals surface area contributed by atoms with Crippen molar-refractivity contribution in [2.45, 2.75) is 32.6 Å². The summed E-state index contributed by atoms with van der Waals surface area (Å²) in [5.41, 5.74) is 1.68. The van der Waals surface area contributed by atoms with Gasteiger partial charge in [-0.05, 0) is 41.3 Å². The van der Waals surface area contributed by atoms with Crippen LogP contribution in [0, 0.1) is 0 Å². The highest BCUT2D eigenvalue weighted by atomic mass is 19.4. The average Bonchev–Trinajstić information content (AvgIpc) is 2.74. The van der Waals surface area contributed by atoms with Gasteiger partial charge in [-0.2, -0.15) is 13.2 Å². The van der Waals surface area contributed by atoms with Crippen molar-refractivity contribution in [1.82, 2.24) is 9.88 Å². The Hall–Kier alpha value is -3.35. The van der Waals surface area contributed by atoms with E-state index in [-0.39, 0.29) is 18.8 Å². The minimum atomic E-state index is -4.56. The highest BCUT2D eigenvalue weighted by Crippen LogP contribution is 2.34. The molecule has 0 bridgehead atoms. The molecule has 30 heavy (non-hydrogen) atoms. The van der Waals surface area contributed by atoms with Crippen LogP contribution in [0.4, 0.5) is 23.7 Å². The van der Waals surface area contributed by atoms with Gasteiger partial charge in [0, 0.05) is 25.5 Å². The van der Waals surface area contributed by atoms with Crippen molar-refractivity contribution >= 4 is 11.7 Å². The number of pyridine rings is 1. The second-order valence-corrected chi connectivity index (χ2v) is 6.86. The zero-order valence-electron chi connectivity index (χ0n) is 16.5. The molecule has 1 N–H and O–H groups in total. The Bertz CT molecular complexity index is 973. The maximum absolute atomic E-state index is 13.3. The van der Waals surface area contributed by atoms with Crippen LogP contribution in [0.1, 0.15) is 29.2 Å². The number of benzene rings is 2. The maximum atomic E-state index is 13.3. The fourth-order valence-electron chi connectivity index (χ4n) is 3.05. The molecule has 0 spiro atoms. The molecule has 3 aromatic rings. The number of aromatic nitrogens is 1. The van der Waals surface area contributed by atoms with Gasteiger partial charge in [-0.25, -0.2) is 4.79 Å². The summed E-state index contributed by atoms with van der Waals surface area (Å²) in [6, 6.07) is 15.7. The summed E-state index contributed by atoms with van der Waals surface area (Å²) in [5.74, 6) is 0. The van der Waals surface area contributed by atoms with Crippen LogP contribution in [0.3, 0.4) is 0 Å². The number of urea groups is 1. The number of halogens is 3. The molecule has 0 fully saturated rings. The number of hydrogen-bond acceptors (Lipinski definition) is 2. The molecular formula is C23H22F3N3O. The van der Waals surface area contributed by atoms with Gasteiger partial charge in [0.05, 0.1) is 11.3 Å². The fraction of sp³-hybridized carbons (Fsp3) is 0.217. The first-order valence-corrected chi connectivity index (χ1v) is 9.55. The summed E-state index contributed by atoms with van der Waals surface area (Å²) in [7, 11) is 0. The van der Waals surface area contributed by atoms with Crippen molar-refractivity contribution in [3.63, 3.8) is 0 Å². The number of para-hydroxylation sites is 1. The minimum Gasteiger partial charge on any atom is -0.316 e. The lowest BCUT2D eigenvalue weighted by Crippen LogP contribution is -2.34. The van der Waals surface area contributed by atoms with Crippen LogP contribution in [-0.4, -0.2) is 15.9 Å². The molecule has 1 heterocycles. The molecule has 0 aliphatic heterocycles. The van der Waals surface area contributed by atoms with Crippen molar-refractivity contribution in [2.24, 2.45) is 0 Å². The van der Waals surface area contributed by atoms with Gasteiger partial charge >= 0.3 is 12.2 Å². The van der Waals surface area contributed by atoms with E-state index in [1.54, 1.807) is 18.5 Å². The molecule has 0 saturated heterocycles. The van der Waals surface area contributed by atoms with E-state index in [9.17, 15) is 18.0 Å². The molecule has 0 radical (unpaired) electrons. The highest BCUT2D eigenvalue weighted by molar-refractivity contribution is 5.90. The Kier molecular flexibility index (Phi) is 6.72. The smallest absolute Gasteiger partial charge is 0.316 e. The SMILES string of the molecule is CCc1ccc(CN(Cc2cccnc2)C(=O)Nc2ccccc2C(F)(F)F)cc1. The Morgan fingerprint density at radius 1 is 0.933 bits per heavy atom. The number of rotatable bonds is 6. The monoisotopic (exact) mass is 413 g/mol. The first kappa shape index (κ1) is 21.4. The molecule has 0 aliphatic carbocycles. The average molecular weight is 413 g/mol. The number of anilines is 1. The number of nitrogens with one attached hydrogen (secondary N) is 1.